The SMILES string of the molecule is NCC(C(=O)NCCOC1CCCC1)c1ccccc1. The molecule has 1 aromatic rings. The number of hydrogen-bond donors (Lipinski definition) is 2. The number of benzene rings is 1. The molecule has 1 aliphatic carbocycles. The molecule has 0 bridgehead atoms. The summed E-state index contributed by atoms with van der Waals surface area (Å²) in [4.78, 5) is 12.1. The van der Waals surface area contributed by atoms with Crippen molar-refractivity contribution in [3.05, 3.63) is 35.9 Å². The van der Waals surface area contributed by atoms with Crippen molar-refractivity contribution in [1.82, 2.24) is 5.32 Å². The van der Waals surface area contributed by atoms with Gasteiger partial charge in [0.05, 0.1) is 18.6 Å². The fraction of sp³-hybridized carbons (Fsp3) is 0.562. The molecule has 0 aromatic heterocycles. The van der Waals surface area contributed by atoms with E-state index in [0.29, 0.717) is 25.8 Å². The van der Waals surface area contributed by atoms with E-state index in [1.54, 1.807) is 0 Å². The zero-order valence-electron chi connectivity index (χ0n) is 11.9. The smallest absolute Gasteiger partial charge is 0.228 e. The Morgan fingerprint density at radius 2 is 2.00 bits per heavy atom. The van der Waals surface area contributed by atoms with Crippen molar-refractivity contribution in [2.45, 2.75) is 37.7 Å². The zero-order valence-corrected chi connectivity index (χ0v) is 11.9. The van der Waals surface area contributed by atoms with Gasteiger partial charge in [-0.3, -0.25) is 4.79 Å². The van der Waals surface area contributed by atoms with Crippen molar-refractivity contribution in [2.24, 2.45) is 5.73 Å². The van der Waals surface area contributed by atoms with E-state index in [9.17, 15) is 4.79 Å². The monoisotopic (exact) mass is 276 g/mol. The van der Waals surface area contributed by atoms with Crippen LogP contribution in [0.15, 0.2) is 30.3 Å². The Labute approximate surface area is 120 Å². The zero-order chi connectivity index (χ0) is 14.2. The Morgan fingerprint density at radius 3 is 2.65 bits per heavy atom. The molecule has 1 aromatic carbocycles. The topological polar surface area (TPSA) is 64.4 Å². The average Bonchev–Trinajstić information content (AvgIpc) is 2.99. The predicted octanol–water partition coefficient (Wildman–Crippen LogP) is 1.80. The minimum atomic E-state index is -0.275. The number of amides is 1. The minimum Gasteiger partial charge on any atom is -0.376 e. The lowest BCUT2D eigenvalue weighted by atomic mass is 9.98. The Kier molecular flexibility index (Phi) is 6.02. The second kappa shape index (κ2) is 8.02. The highest BCUT2D eigenvalue weighted by molar-refractivity contribution is 5.83. The maximum absolute atomic E-state index is 12.1. The van der Waals surface area contributed by atoms with Crippen LogP contribution >= 0.6 is 0 Å². The summed E-state index contributed by atoms with van der Waals surface area (Å²) < 4.78 is 5.73. The maximum atomic E-state index is 12.1. The molecule has 1 saturated carbocycles. The van der Waals surface area contributed by atoms with Crippen LogP contribution in [-0.2, 0) is 9.53 Å². The molecule has 0 heterocycles. The summed E-state index contributed by atoms with van der Waals surface area (Å²) in [6, 6.07) is 9.66. The van der Waals surface area contributed by atoms with E-state index in [1.807, 2.05) is 30.3 Å². The highest BCUT2D eigenvalue weighted by Crippen LogP contribution is 2.20. The van der Waals surface area contributed by atoms with Gasteiger partial charge in [-0.05, 0) is 18.4 Å². The van der Waals surface area contributed by atoms with Gasteiger partial charge in [0, 0.05) is 13.1 Å². The maximum Gasteiger partial charge on any atom is 0.228 e. The molecule has 1 fully saturated rings. The third-order valence-electron chi connectivity index (χ3n) is 3.81. The van der Waals surface area contributed by atoms with E-state index < -0.39 is 0 Å². The summed E-state index contributed by atoms with van der Waals surface area (Å²) >= 11 is 0. The fourth-order valence-electron chi connectivity index (χ4n) is 2.66. The summed E-state index contributed by atoms with van der Waals surface area (Å²) in [7, 11) is 0. The number of ether oxygens (including phenoxy) is 1. The van der Waals surface area contributed by atoms with E-state index in [4.69, 9.17) is 10.5 Å². The second-order valence-corrected chi connectivity index (χ2v) is 5.27. The Hall–Kier alpha value is -1.39. The van der Waals surface area contributed by atoms with Crippen molar-refractivity contribution < 1.29 is 9.53 Å². The van der Waals surface area contributed by atoms with Crippen molar-refractivity contribution in [3.63, 3.8) is 0 Å². The molecular weight excluding hydrogens is 252 g/mol. The molecule has 1 unspecified atom stereocenters. The lowest BCUT2D eigenvalue weighted by molar-refractivity contribution is -0.122. The van der Waals surface area contributed by atoms with Gasteiger partial charge in [-0.15, -0.1) is 0 Å². The van der Waals surface area contributed by atoms with Gasteiger partial charge in [0.25, 0.3) is 0 Å². The summed E-state index contributed by atoms with van der Waals surface area (Å²) in [6.45, 7) is 1.46. The van der Waals surface area contributed by atoms with Gasteiger partial charge in [-0.25, -0.2) is 0 Å². The summed E-state index contributed by atoms with van der Waals surface area (Å²) in [5.74, 6) is -0.295. The van der Waals surface area contributed by atoms with Crippen molar-refractivity contribution in [3.8, 4) is 0 Å². The third kappa shape index (κ3) is 4.32. The van der Waals surface area contributed by atoms with Crippen LogP contribution in [0.3, 0.4) is 0 Å². The van der Waals surface area contributed by atoms with Gasteiger partial charge in [0.2, 0.25) is 5.91 Å². The van der Waals surface area contributed by atoms with E-state index in [2.05, 4.69) is 5.32 Å². The average molecular weight is 276 g/mol. The molecule has 4 heteroatoms. The van der Waals surface area contributed by atoms with E-state index >= 15 is 0 Å². The molecule has 2 rings (SSSR count). The van der Waals surface area contributed by atoms with Gasteiger partial charge in [-0.2, -0.15) is 0 Å². The largest absolute Gasteiger partial charge is 0.376 e. The number of nitrogens with one attached hydrogen (secondary N) is 1. The first-order chi connectivity index (χ1) is 9.81. The fourth-order valence-corrected chi connectivity index (χ4v) is 2.66. The number of hydrogen-bond acceptors (Lipinski definition) is 3. The standard InChI is InChI=1S/C16H24N2O2/c17-12-15(13-6-2-1-3-7-13)16(19)18-10-11-20-14-8-4-5-9-14/h1-3,6-7,14-15H,4-5,8-12,17H2,(H,18,19). The van der Waals surface area contributed by atoms with E-state index in [0.717, 1.165) is 18.4 Å². The van der Waals surface area contributed by atoms with E-state index in [-0.39, 0.29) is 11.8 Å². The summed E-state index contributed by atoms with van der Waals surface area (Å²) in [5, 5.41) is 2.91. The number of carbonyl (C=O) groups is 1. The molecule has 110 valence electrons. The van der Waals surface area contributed by atoms with Gasteiger partial charge >= 0.3 is 0 Å². The Morgan fingerprint density at radius 1 is 1.30 bits per heavy atom. The first-order valence-corrected chi connectivity index (χ1v) is 7.45. The second-order valence-electron chi connectivity index (χ2n) is 5.27. The van der Waals surface area contributed by atoms with Crippen molar-refractivity contribution in [2.75, 3.05) is 19.7 Å². The molecule has 0 radical (unpaired) electrons. The van der Waals surface area contributed by atoms with Crippen molar-refractivity contribution in [1.29, 1.82) is 0 Å². The van der Waals surface area contributed by atoms with Gasteiger partial charge in [0.15, 0.2) is 0 Å². The number of rotatable bonds is 7. The first kappa shape index (κ1) is 15.0. The first-order valence-electron chi connectivity index (χ1n) is 7.45. The molecule has 1 aliphatic rings. The molecule has 4 nitrogen and oxygen atoms in total. The highest BCUT2D eigenvalue weighted by Gasteiger charge is 2.19. The molecule has 1 amide bonds. The quantitative estimate of drug-likeness (QED) is 0.746. The van der Waals surface area contributed by atoms with Crippen LogP contribution < -0.4 is 11.1 Å². The molecule has 0 aliphatic heterocycles. The van der Waals surface area contributed by atoms with Gasteiger partial charge in [0.1, 0.15) is 0 Å². The lowest BCUT2D eigenvalue weighted by Crippen LogP contribution is -2.35. The number of carbonyl (C=O) groups excluding carboxylic acids is 1. The Bertz CT molecular complexity index is 402. The van der Waals surface area contributed by atoms with Crippen molar-refractivity contribution >= 4 is 5.91 Å². The molecule has 3 N–H and O–H groups in total. The van der Waals surface area contributed by atoms with Crippen LogP contribution in [0, 0.1) is 0 Å². The highest BCUT2D eigenvalue weighted by atomic mass is 16.5. The predicted molar refractivity (Wildman–Crippen MR) is 79.5 cm³/mol. The summed E-state index contributed by atoms with van der Waals surface area (Å²) in [5.41, 5.74) is 6.68. The number of nitrogens with two attached hydrogens (primary N) is 1. The molecule has 1 atom stereocenters. The van der Waals surface area contributed by atoms with Crippen LogP contribution in [-0.4, -0.2) is 31.7 Å². The molecule has 0 saturated heterocycles. The van der Waals surface area contributed by atoms with Crippen LogP contribution in [0.5, 0.6) is 0 Å². The normalized spacial score (nSPS) is 17.1. The lowest BCUT2D eigenvalue weighted by Gasteiger charge is -2.16. The molecule has 20 heavy (non-hydrogen) atoms. The third-order valence-corrected chi connectivity index (χ3v) is 3.81. The van der Waals surface area contributed by atoms with Crippen LogP contribution in [0.1, 0.15) is 37.2 Å². The molecular formula is C16H24N2O2. The van der Waals surface area contributed by atoms with Crippen LogP contribution in [0.4, 0.5) is 0 Å². The van der Waals surface area contributed by atoms with Crippen LogP contribution in [0.25, 0.3) is 0 Å². The molecule has 0 spiro atoms. The van der Waals surface area contributed by atoms with Crippen LogP contribution in [0.2, 0.25) is 0 Å². The summed E-state index contributed by atoms with van der Waals surface area (Å²) in [6.07, 6.45) is 5.24. The minimum absolute atomic E-state index is 0.0197. The van der Waals surface area contributed by atoms with E-state index in [1.165, 1.54) is 12.8 Å². The van der Waals surface area contributed by atoms with Gasteiger partial charge < -0.3 is 15.8 Å². The Balaban J connectivity index is 1.72. The van der Waals surface area contributed by atoms with Gasteiger partial charge in [-0.1, -0.05) is 43.2 Å².